The van der Waals surface area contributed by atoms with Gasteiger partial charge in [0.05, 0.1) is 11.6 Å². The maximum absolute atomic E-state index is 12.8. The summed E-state index contributed by atoms with van der Waals surface area (Å²) in [5.74, 6) is -0.558. The Bertz CT molecular complexity index is 380. The Balaban J connectivity index is 2.42. The average molecular weight is 259 g/mol. The quantitative estimate of drug-likeness (QED) is 0.548. The predicted octanol–water partition coefficient (Wildman–Crippen LogP) is 3.87. The van der Waals surface area contributed by atoms with E-state index in [0.29, 0.717) is 18.8 Å². The van der Waals surface area contributed by atoms with E-state index in [1.165, 1.54) is 12.1 Å². The monoisotopic (exact) mass is 258 g/mol. The SMILES string of the molecule is CCCCOCCC(=O)c1ccc(F)cc1Cl. The second-order valence-electron chi connectivity index (χ2n) is 3.76. The highest BCUT2D eigenvalue weighted by atomic mass is 35.5. The summed E-state index contributed by atoms with van der Waals surface area (Å²) in [6.45, 7) is 3.13. The topological polar surface area (TPSA) is 26.3 Å². The Morgan fingerprint density at radius 3 is 2.82 bits per heavy atom. The van der Waals surface area contributed by atoms with Crippen molar-refractivity contribution in [2.75, 3.05) is 13.2 Å². The molecule has 0 aliphatic rings. The molecule has 0 N–H and O–H groups in total. The zero-order chi connectivity index (χ0) is 12.7. The van der Waals surface area contributed by atoms with E-state index >= 15 is 0 Å². The van der Waals surface area contributed by atoms with Gasteiger partial charge in [0.2, 0.25) is 0 Å². The van der Waals surface area contributed by atoms with E-state index in [-0.39, 0.29) is 17.2 Å². The zero-order valence-electron chi connectivity index (χ0n) is 9.84. The van der Waals surface area contributed by atoms with Crippen LogP contribution in [0.5, 0.6) is 0 Å². The average Bonchev–Trinajstić information content (AvgIpc) is 2.28. The van der Waals surface area contributed by atoms with Crippen LogP contribution in [0.4, 0.5) is 4.39 Å². The van der Waals surface area contributed by atoms with Crippen LogP contribution in [0.15, 0.2) is 18.2 Å². The summed E-state index contributed by atoms with van der Waals surface area (Å²) >= 11 is 5.79. The molecule has 0 atom stereocenters. The van der Waals surface area contributed by atoms with E-state index < -0.39 is 5.82 Å². The number of ether oxygens (including phenoxy) is 1. The van der Waals surface area contributed by atoms with Crippen LogP contribution in [0.25, 0.3) is 0 Å². The minimum atomic E-state index is -0.439. The molecule has 4 heteroatoms. The van der Waals surface area contributed by atoms with Crippen molar-refractivity contribution >= 4 is 17.4 Å². The van der Waals surface area contributed by atoms with Crippen molar-refractivity contribution in [1.29, 1.82) is 0 Å². The minimum absolute atomic E-state index is 0.119. The number of hydrogen-bond donors (Lipinski definition) is 0. The number of unbranched alkanes of at least 4 members (excludes halogenated alkanes) is 1. The number of carbonyl (C=O) groups excluding carboxylic acids is 1. The summed E-state index contributed by atoms with van der Waals surface area (Å²) < 4.78 is 18.1. The fourth-order valence-electron chi connectivity index (χ4n) is 1.36. The normalized spacial score (nSPS) is 10.5. The first-order valence-corrected chi connectivity index (χ1v) is 6.09. The lowest BCUT2D eigenvalue weighted by Crippen LogP contribution is -2.06. The molecule has 0 amide bonds. The van der Waals surface area contributed by atoms with Crippen molar-refractivity contribution in [3.05, 3.63) is 34.6 Å². The Morgan fingerprint density at radius 2 is 2.18 bits per heavy atom. The molecule has 0 aliphatic heterocycles. The van der Waals surface area contributed by atoms with E-state index in [0.717, 1.165) is 18.9 Å². The number of Topliss-reactive ketones (excluding diaryl/α,β-unsaturated/α-hetero) is 1. The van der Waals surface area contributed by atoms with Crippen molar-refractivity contribution in [3.8, 4) is 0 Å². The number of halogens is 2. The fourth-order valence-corrected chi connectivity index (χ4v) is 1.64. The van der Waals surface area contributed by atoms with Crippen LogP contribution < -0.4 is 0 Å². The van der Waals surface area contributed by atoms with Crippen molar-refractivity contribution < 1.29 is 13.9 Å². The third-order valence-electron chi connectivity index (χ3n) is 2.35. The number of rotatable bonds is 7. The molecule has 0 saturated heterocycles. The molecule has 0 fully saturated rings. The Morgan fingerprint density at radius 1 is 1.41 bits per heavy atom. The maximum Gasteiger partial charge on any atom is 0.166 e. The summed E-state index contributed by atoms with van der Waals surface area (Å²) in [5.41, 5.74) is 0.354. The van der Waals surface area contributed by atoms with E-state index in [9.17, 15) is 9.18 Å². The molecule has 0 unspecified atom stereocenters. The fraction of sp³-hybridized carbons (Fsp3) is 0.462. The standard InChI is InChI=1S/C13H16ClFO2/c1-2-3-7-17-8-6-13(16)11-5-4-10(15)9-12(11)14/h4-5,9H,2-3,6-8H2,1H3. The van der Waals surface area contributed by atoms with Crippen molar-refractivity contribution in [3.63, 3.8) is 0 Å². The first kappa shape index (κ1) is 14.1. The molecular weight excluding hydrogens is 243 g/mol. The first-order valence-electron chi connectivity index (χ1n) is 5.71. The lowest BCUT2D eigenvalue weighted by Gasteiger charge is -2.04. The van der Waals surface area contributed by atoms with Gasteiger partial charge in [-0.15, -0.1) is 0 Å². The van der Waals surface area contributed by atoms with Gasteiger partial charge in [-0.3, -0.25) is 4.79 Å². The van der Waals surface area contributed by atoms with Gasteiger partial charge in [-0.25, -0.2) is 4.39 Å². The number of ketones is 1. The van der Waals surface area contributed by atoms with Gasteiger partial charge in [-0.1, -0.05) is 24.9 Å². The Hall–Kier alpha value is -0.930. The van der Waals surface area contributed by atoms with Crippen LogP contribution in [0.2, 0.25) is 5.02 Å². The van der Waals surface area contributed by atoms with Crippen molar-refractivity contribution in [2.45, 2.75) is 26.2 Å². The van der Waals surface area contributed by atoms with Crippen LogP contribution in [0.3, 0.4) is 0 Å². The highest BCUT2D eigenvalue weighted by Gasteiger charge is 2.10. The van der Waals surface area contributed by atoms with Gasteiger partial charge in [0.25, 0.3) is 0 Å². The minimum Gasteiger partial charge on any atom is -0.381 e. The molecule has 1 aromatic rings. The highest BCUT2D eigenvalue weighted by molar-refractivity contribution is 6.33. The summed E-state index contributed by atoms with van der Waals surface area (Å²) in [4.78, 5) is 11.7. The van der Waals surface area contributed by atoms with Crippen LogP contribution in [0, 0.1) is 5.82 Å². The lowest BCUT2D eigenvalue weighted by molar-refractivity contribution is 0.0874. The predicted molar refractivity (Wildman–Crippen MR) is 66.1 cm³/mol. The third-order valence-corrected chi connectivity index (χ3v) is 2.66. The summed E-state index contributed by atoms with van der Waals surface area (Å²) in [6.07, 6.45) is 2.33. The highest BCUT2D eigenvalue weighted by Crippen LogP contribution is 2.18. The van der Waals surface area contributed by atoms with Gasteiger partial charge in [0.15, 0.2) is 5.78 Å². The van der Waals surface area contributed by atoms with Gasteiger partial charge in [-0.2, -0.15) is 0 Å². The van der Waals surface area contributed by atoms with Crippen LogP contribution in [-0.4, -0.2) is 19.0 Å². The van der Waals surface area contributed by atoms with Crippen LogP contribution in [-0.2, 0) is 4.74 Å². The molecule has 0 spiro atoms. The molecule has 2 nitrogen and oxygen atoms in total. The van der Waals surface area contributed by atoms with E-state index in [1.807, 2.05) is 0 Å². The molecule has 0 aromatic heterocycles. The molecule has 0 radical (unpaired) electrons. The third kappa shape index (κ3) is 4.84. The molecular formula is C13H16ClFO2. The van der Waals surface area contributed by atoms with E-state index in [1.54, 1.807) is 0 Å². The second-order valence-corrected chi connectivity index (χ2v) is 4.17. The zero-order valence-corrected chi connectivity index (χ0v) is 10.6. The number of benzene rings is 1. The van der Waals surface area contributed by atoms with Crippen LogP contribution in [0.1, 0.15) is 36.5 Å². The number of carbonyl (C=O) groups is 1. The van der Waals surface area contributed by atoms with Gasteiger partial charge in [-0.05, 0) is 24.6 Å². The molecule has 94 valence electrons. The van der Waals surface area contributed by atoms with Gasteiger partial charge < -0.3 is 4.74 Å². The molecule has 1 aromatic carbocycles. The molecule has 17 heavy (non-hydrogen) atoms. The van der Waals surface area contributed by atoms with Crippen LogP contribution >= 0.6 is 11.6 Å². The molecule has 0 aliphatic carbocycles. The summed E-state index contributed by atoms with van der Waals surface area (Å²) in [5, 5.41) is 0.156. The van der Waals surface area contributed by atoms with Crippen molar-refractivity contribution in [1.82, 2.24) is 0 Å². The van der Waals surface area contributed by atoms with Gasteiger partial charge >= 0.3 is 0 Å². The second kappa shape index (κ2) is 7.41. The Labute approximate surface area is 106 Å². The van der Waals surface area contributed by atoms with E-state index in [4.69, 9.17) is 16.3 Å². The maximum atomic E-state index is 12.8. The molecule has 0 heterocycles. The molecule has 0 bridgehead atoms. The number of hydrogen-bond acceptors (Lipinski definition) is 2. The smallest absolute Gasteiger partial charge is 0.166 e. The van der Waals surface area contributed by atoms with E-state index in [2.05, 4.69) is 6.92 Å². The summed E-state index contributed by atoms with van der Waals surface area (Å²) in [6, 6.07) is 3.79. The lowest BCUT2D eigenvalue weighted by atomic mass is 10.1. The molecule has 1 rings (SSSR count). The largest absolute Gasteiger partial charge is 0.381 e. The van der Waals surface area contributed by atoms with Gasteiger partial charge in [0, 0.05) is 18.6 Å². The van der Waals surface area contributed by atoms with Gasteiger partial charge in [0.1, 0.15) is 5.82 Å². The summed E-state index contributed by atoms with van der Waals surface area (Å²) in [7, 11) is 0. The first-order chi connectivity index (χ1) is 8.15. The molecule has 0 saturated carbocycles. The van der Waals surface area contributed by atoms with Crippen molar-refractivity contribution in [2.24, 2.45) is 0 Å². The Kier molecular flexibility index (Phi) is 6.16.